The van der Waals surface area contributed by atoms with Crippen LogP contribution >= 0.6 is 11.6 Å². The summed E-state index contributed by atoms with van der Waals surface area (Å²) in [6.45, 7) is 5.94. The summed E-state index contributed by atoms with van der Waals surface area (Å²) in [5, 5.41) is 3.00. The molecule has 1 aromatic rings. The van der Waals surface area contributed by atoms with Crippen molar-refractivity contribution in [3.63, 3.8) is 0 Å². The standard InChI is InChI=1S/C15H20ClF2NO/c1-9(2)7-13(10-5-6-19-8-10)20-15-12(18)4-3-11(17)14(15)16/h3-4,9-10,13,19H,5-8H2,1-2H3. The molecular formula is C15H20ClF2NO. The summed E-state index contributed by atoms with van der Waals surface area (Å²) in [6.07, 6.45) is 1.61. The van der Waals surface area contributed by atoms with Gasteiger partial charge in [0.25, 0.3) is 0 Å². The maximum Gasteiger partial charge on any atom is 0.176 e. The molecule has 20 heavy (non-hydrogen) atoms. The fourth-order valence-electron chi connectivity index (χ4n) is 2.56. The molecule has 0 aliphatic carbocycles. The third-order valence-electron chi connectivity index (χ3n) is 3.60. The Morgan fingerprint density at radius 1 is 1.35 bits per heavy atom. The summed E-state index contributed by atoms with van der Waals surface area (Å²) in [5.74, 6) is -0.719. The molecule has 0 spiro atoms. The zero-order chi connectivity index (χ0) is 14.7. The summed E-state index contributed by atoms with van der Waals surface area (Å²) in [6, 6.07) is 2.06. The van der Waals surface area contributed by atoms with E-state index in [0.717, 1.165) is 38.1 Å². The molecule has 2 nitrogen and oxygen atoms in total. The first-order valence-corrected chi connectivity index (χ1v) is 7.37. The van der Waals surface area contributed by atoms with Crippen molar-refractivity contribution in [1.82, 2.24) is 5.32 Å². The lowest BCUT2D eigenvalue weighted by Gasteiger charge is -2.26. The van der Waals surface area contributed by atoms with Gasteiger partial charge in [-0.3, -0.25) is 0 Å². The van der Waals surface area contributed by atoms with E-state index in [1.54, 1.807) is 0 Å². The summed E-state index contributed by atoms with van der Waals surface area (Å²) in [7, 11) is 0. The van der Waals surface area contributed by atoms with Crippen LogP contribution < -0.4 is 10.1 Å². The number of halogens is 3. The molecule has 112 valence electrons. The van der Waals surface area contributed by atoms with Gasteiger partial charge in [0.15, 0.2) is 11.6 Å². The van der Waals surface area contributed by atoms with Gasteiger partial charge >= 0.3 is 0 Å². The van der Waals surface area contributed by atoms with E-state index < -0.39 is 11.6 Å². The third-order valence-corrected chi connectivity index (χ3v) is 3.95. The van der Waals surface area contributed by atoms with Crippen molar-refractivity contribution in [3.8, 4) is 5.75 Å². The molecule has 0 aromatic heterocycles. The second-order valence-corrected chi connectivity index (χ2v) is 6.09. The second kappa shape index (κ2) is 6.72. The Bertz CT molecular complexity index is 461. The Morgan fingerprint density at radius 3 is 2.65 bits per heavy atom. The molecular weight excluding hydrogens is 284 g/mol. The van der Waals surface area contributed by atoms with Crippen molar-refractivity contribution >= 4 is 11.6 Å². The van der Waals surface area contributed by atoms with Crippen LogP contribution in [0.1, 0.15) is 26.7 Å². The molecule has 1 fully saturated rings. The first-order valence-electron chi connectivity index (χ1n) is 7.00. The topological polar surface area (TPSA) is 21.3 Å². The highest BCUT2D eigenvalue weighted by atomic mass is 35.5. The van der Waals surface area contributed by atoms with Crippen molar-refractivity contribution in [2.75, 3.05) is 13.1 Å². The van der Waals surface area contributed by atoms with Gasteiger partial charge in [0.2, 0.25) is 0 Å². The van der Waals surface area contributed by atoms with Crippen molar-refractivity contribution in [2.24, 2.45) is 11.8 Å². The van der Waals surface area contributed by atoms with Crippen molar-refractivity contribution < 1.29 is 13.5 Å². The molecule has 1 heterocycles. The van der Waals surface area contributed by atoms with Gasteiger partial charge in [0.1, 0.15) is 16.9 Å². The van der Waals surface area contributed by atoms with Crippen LogP contribution in [0.15, 0.2) is 12.1 Å². The monoisotopic (exact) mass is 303 g/mol. The average molecular weight is 304 g/mol. The van der Waals surface area contributed by atoms with E-state index in [1.165, 1.54) is 0 Å². The molecule has 1 aromatic carbocycles. The quantitative estimate of drug-likeness (QED) is 0.830. The third kappa shape index (κ3) is 3.61. The molecule has 2 unspecified atom stereocenters. The minimum absolute atomic E-state index is 0.154. The summed E-state index contributed by atoms with van der Waals surface area (Å²) < 4.78 is 33.0. The molecule has 1 N–H and O–H groups in total. The van der Waals surface area contributed by atoms with Crippen molar-refractivity contribution in [2.45, 2.75) is 32.8 Å². The smallest absolute Gasteiger partial charge is 0.176 e. The summed E-state index contributed by atoms with van der Waals surface area (Å²) in [4.78, 5) is 0. The van der Waals surface area contributed by atoms with Gasteiger partial charge in [-0.2, -0.15) is 0 Å². The zero-order valence-corrected chi connectivity index (χ0v) is 12.5. The van der Waals surface area contributed by atoms with E-state index in [4.69, 9.17) is 16.3 Å². The minimum atomic E-state index is -0.657. The Labute approximate surface area is 123 Å². The van der Waals surface area contributed by atoms with Crippen molar-refractivity contribution in [3.05, 3.63) is 28.8 Å². The van der Waals surface area contributed by atoms with Gasteiger partial charge in [0, 0.05) is 12.5 Å². The Balaban J connectivity index is 2.20. The van der Waals surface area contributed by atoms with E-state index in [-0.39, 0.29) is 16.9 Å². The molecule has 1 aliphatic rings. The minimum Gasteiger partial charge on any atom is -0.485 e. The Hall–Kier alpha value is -0.870. The number of ether oxygens (including phenoxy) is 1. The Kier molecular flexibility index (Phi) is 5.22. The Morgan fingerprint density at radius 2 is 2.05 bits per heavy atom. The van der Waals surface area contributed by atoms with Crippen LogP contribution in [0.25, 0.3) is 0 Å². The number of benzene rings is 1. The first-order chi connectivity index (χ1) is 9.49. The predicted octanol–water partition coefficient (Wildman–Crippen LogP) is 4.02. The van der Waals surface area contributed by atoms with E-state index in [2.05, 4.69) is 19.2 Å². The number of hydrogen-bond donors (Lipinski definition) is 1. The van der Waals surface area contributed by atoms with Crippen LogP contribution in [0.4, 0.5) is 8.78 Å². The maximum atomic E-state index is 13.8. The average Bonchev–Trinajstić information content (AvgIpc) is 2.91. The van der Waals surface area contributed by atoms with E-state index in [9.17, 15) is 8.78 Å². The zero-order valence-electron chi connectivity index (χ0n) is 11.8. The fourth-order valence-corrected chi connectivity index (χ4v) is 2.76. The van der Waals surface area contributed by atoms with Crippen LogP contribution in [-0.2, 0) is 0 Å². The molecule has 0 saturated carbocycles. The van der Waals surface area contributed by atoms with Gasteiger partial charge in [-0.05, 0) is 37.4 Å². The maximum absolute atomic E-state index is 13.8. The van der Waals surface area contributed by atoms with Gasteiger partial charge in [-0.15, -0.1) is 0 Å². The van der Waals surface area contributed by atoms with Gasteiger partial charge in [0.05, 0.1) is 0 Å². The van der Waals surface area contributed by atoms with Gasteiger partial charge in [-0.1, -0.05) is 25.4 Å². The number of nitrogens with one attached hydrogen (secondary N) is 1. The number of hydrogen-bond acceptors (Lipinski definition) is 2. The van der Waals surface area contributed by atoms with Gasteiger partial charge < -0.3 is 10.1 Å². The lowest BCUT2D eigenvalue weighted by Crippen LogP contribution is -2.30. The van der Waals surface area contributed by atoms with Crippen LogP contribution in [0, 0.1) is 23.5 Å². The van der Waals surface area contributed by atoms with E-state index >= 15 is 0 Å². The second-order valence-electron chi connectivity index (χ2n) is 5.71. The molecule has 0 radical (unpaired) electrons. The van der Waals surface area contributed by atoms with Crippen molar-refractivity contribution in [1.29, 1.82) is 0 Å². The van der Waals surface area contributed by atoms with Gasteiger partial charge in [-0.25, -0.2) is 8.78 Å². The molecule has 5 heteroatoms. The molecule has 1 saturated heterocycles. The first kappa shape index (κ1) is 15.5. The van der Waals surface area contributed by atoms with Crippen LogP contribution in [0.3, 0.4) is 0 Å². The summed E-state index contributed by atoms with van der Waals surface area (Å²) in [5.41, 5.74) is 0. The predicted molar refractivity (Wildman–Crippen MR) is 76.2 cm³/mol. The number of rotatable bonds is 5. The highest BCUT2D eigenvalue weighted by molar-refractivity contribution is 6.32. The molecule has 0 amide bonds. The molecule has 0 bridgehead atoms. The summed E-state index contributed by atoms with van der Waals surface area (Å²) >= 11 is 5.83. The van der Waals surface area contributed by atoms with Crippen LogP contribution in [0.2, 0.25) is 5.02 Å². The normalized spacial score (nSPS) is 20.4. The van der Waals surface area contributed by atoms with E-state index in [0.29, 0.717) is 11.8 Å². The SMILES string of the molecule is CC(C)CC(Oc1c(F)ccc(F)c1Cl)C1CCNC1. The molecule has 1 aliphatic heterocycles. The highest BCUT2D eigenvalue weighted by Gasteiger charge is 2.29. The van der Waals surface area contributed by atoms with E-state index in [1.807, 2.05) is 0 Å². The lowest BCUT2D eigenvalue weighted by atomic mass is 9.93. The molecule has 2 rings (SSSR count). The lowest BCUT2D eigenvalue weighted by molar-refractivity contribution is 0.114. The van der Waals surface area contributed by atoms with Crippen LogP contribution in [-0.4, -0.2) is 19.2 Å². The highest BCUT2D eigenvalue weighted by Crippen LogP contribution is 2.34. The molecule has 2 atom stereocenters. The van der Waals surface area contributed by atoms with Crippen LogP contribution in [0.5, 0.6) is 5.75 Å². The largest absolute Gasteiger partial charge is 0.485 e. The fraction of sp³-hybridized carbons (Fsp3) is 0.600.